The van der Waals surface area contributed by atoms with Gasteiger partial charge in [-0.05, 0) is 42.3 Å². The van der Waals surface area contributed by atoms with Crippen molar-refractivity contribution in [2.75, 3.05) is 13.1 Å². The number of carbonyl (C=O) groups excluding carboxylic acids is 1. The van der Waals surface area contributed by atoms with Crippen molar-refractivity contribution in [1.82, 2.24) is 10.2 Å². The summed E-state index contributed by atoms with van der Waals surface area (Å²) < 4.78 is 1.02. The Kier molecular flexibility index (Phi) is 3.62. The number of benzene rings is 2. The van der Waals surface area contributed by atoms with Gasteiger partial charge in [0.2, 0.25) is 0 Å². The summed E-state index contributed by atoms with van der Waals surface area (Å²) >= 11 is 3.57. The van der Waals surface area contributed by atoms with Crippen molar-refractivity contribution in [2.24, 2.45) is 0 Å². The molecule has 1 unspecified atom stereocenters. The molecular formula is C18H17BrN2O2. The number of phenols is 1. The molecule has 0 fully saturated rings. The number of amides is 1. The van der Waals surface area contributed by atoms with Crippen LogP contribution in [0.15, 0.2) is 40.9 Å². The molecule has 2 N–H and O–H groups in total. The molecule has 1 atom stereocenters. The van der Waals surface area contributed by atoms with Crippen molar-refractivity contribution < 1.29 is 9.90 Å². The van der Waals surface area contributed by atoms with Crippen LogP contribution >= 0.6 is 15.9 Å². The first-order valence-electron chi connectivity index (χ1n) is 7.76. The predicted molar refractivity (Wildman–Crippen MR) is 91.4 cm³/mol. The minimum Gasteiger partial charge on any atom is -0.508 e. The Morgan fingerprint density at radius 3 is 2.91 bits per heavy atom. The molecule has 0 aromatic heterocycles. The molecule has 2 heterocycles. The van der Waals surface area contributed by atoms with E-state index in [4.69, 9.17) is 0 Å². The average Bonchev–Trinajstić information content (AvgIpc) is 2.88. The van der Waals surface area contributed by atoms with E-state index in [1.165, 1.54) is 0 Å². The quantitative estimate of drug-likeness (QED) is 0.851. The third kappa shape index (κ3) is 2.44. The summed E-state index contributed by atoms with van der Waals surface area (Å²) in [5.41, 5.74) is 3.92. The highest BCUT2D eigenvalue weighted by atomic mass is 79.9. The summed E-state index contributed by atoms with van der Waals surface area (Å²) in [6, 6.07) is 11.3. The molecule has 1 amide bonds. The van der Waals surface area contributed by atoms with E-state index < -0.39 is 0 Å². The molecule has 0 saturated carbocycles. The normalized spacial score (nSPS) is 19.6. The Morgan fingerprint density at radius 2 is 2.09 bits per heavy atom. The van der Waals surface area contributed by atoms with Crippen LogP contribution in [0.4, 0.5) is 0 Å². The number of phenolic OH excluding ortho intramolecular Hbond substituents is 1. The second kappa shape index (κ2) is 5.65. The first-order chi connectivity index (χ1) is 11.1. The monoisotopic (exact) mass is 372 g/mol. The van der Waals surface area contributed by atoms with Gasteiger partial charge in [-0.1, -0.05) is 34.1 Å². The number of halogens is 1. The molecule has 23 heavy (non-hydrogen) atoms. The minimum atomic E-state index is -0.0467. The van der Waals surface area contributed by atoms with Gasteiger partial charge >= 0.3 is 0 Å². The number of fused-ring (bicyclic) bond motifs is 2. The van der Waals surface area contributed by atoms with Gasteiger partial charge in [-0.25, -0.2) is 0 Å². The van der Waals surface area contributed by atoms with Crippen molar-refractivity contribution in [3.05, 3.63) is 63.1 Å². The lowest BCUT2D eigenvalue weighted by molar-refractivity contribution is 0.0759. The van der Waals surface area contributed by atoms with Crippen LogP contribution in [0.1, 0.15) is 33.1 Å². The highest BCUT2D eigenvalue weighted by Gasteiger charge is 2.32. The highest BCUT2D eigenvalue weighted by Crippen LogP contribution is 2.37. The molecule has 2 aliphatic rings. The lowest BCUT2D eigenvalue weighted by atomic mass is 9.93. The lowest BCUT2D eigenvalue weighted by Gasteiger charge is -2.31. The fourth-order valence-electron chi connectivity index (χ4n) is 3.58. The van der Waals surface area contributed by atoms with Gasteiger partial charge < -0.3 is 15.3 Å². The number of hydrogen-bond acceptors (Lipinski definition) is 3. The molecule has 4 nitrogen and oxygen atoms in total. The molecule has 2 aromatic rings. The first-order valence-corrected chi connectivity index (χ1v) is 8.55. The molecular weight excluding hydrogens is 356 g/mol. The first kappa shape index (κ1) is 14.7. The van der Waals surface area contributed by atoms with Gasteiger partial charge in [0.25, 0.3) is 5.91 Å². The zero-order chi connectivity index (χ0) is 16.0. The molecule has 0 bridgehead atoms. The van der Waals surface area contributed by atoms with Crippen molar-refractivity contribution in [1.29, 1.82) is 0 Å². The molecule has 4 rings (SSSR count). The summed E-state index contributed by atoms with van der Waals surface area (Å²) in [5, 5.41) is 13.7. The van der Waals surface area contributed by atoms with Gasteiger partial charge in [0.1, 0.15) is 5.75 Å². The number of hydrogen-bond donors (Lipinski definition) is 2. The van der Waals surface area contributed by atoms with Crippen LogP contribution in [-0.4, -0.2) is 29.0 Å². The van der Waals surface area contributed by atoms with E-state index in [0.717, 1.165) is 39.7 Å². The molecule has 0 aliphatic carbocycles. The maximum Gasteiger partial charge on any atom is 0.254 e. The van der Waals surface area contributed by atoms with Gasteiger partial charge in [0.05, 0.1) is 6.04 Å². The smallest absolute Gasteiger partial charge is 0.254 e. The van der Waals surface area contributed by atoms with Crippen LogP contribution in [-0.2, 0) is 13.0 Å². The van der Waals surface area contributed by atoms with Gasteiger partial charge in [0, 0.05) is 28.7 Å². The maximum absolute atomic E-state index is 12.6. The summed E-state index contributed by atoms with van der Waals surface area (Å²) in [4.78, 5) is 14.4. The van der Waals surface area contributed by atoms with E-state index in [2.05, 4.69) is 21.2 Å². The summed E-state index contributed by atoms with van der Waals surface area (Å²) in [6.07, 6.45) is 0.870. The highest BCUT2D eigenvalue weighted by molar-refractivity contribution is 9.10. The van der Waals surface area contributed by atoms with Crippen LogP contribution in [0.25, 0.3) is 0 Å². The van der Waals surface area contributed by atoms with E-state index >= 15 is 0 Å². The molecule has 5 heteroatoms. The number of carbonyl (C=O) groups is 1. The minimum absolute atomic E-state index is 0.0467. The Bertz CT molecular complexity index is 791. The maximum atomic E-state index is 12.6. The topological polar surface area (TPSA) is 52.6 Å². The molecule has 0 radical (unpaired) electrons. The predicted octanol–water partition coefficient (Wildman–Crippen LogP) is 3.00. The summed E-state index contributed by atoms with van der Waals surface area (Å²) in [5.74, 6) is 0.369. The van der Waals surface area contributed by atoms with Gasteiger partial charge in [-0.3, -0.25) is 4.79 Å². The van der Waals surface area contributed by atoms with Gasteiger partial charge in [0.15, 0.2) is 0 Å². The second-order valence-corrected chi connectivity index (χ2v) is 6.91. The fourth-order valence-corrected chi connectivity index (χ4v) is 4.12. The van der Waals surface area contributed by atoms with Crippen LogP contribution in [0.2, 0.25) is 0 Å². The Morgan fingerprint density at radius 1 is 1.26 bits per heavy atom. The molecule has 2 aliphatic heterocycles. The van der Waals surface area contributed by atoms with Crippen LogP contribution < -0.4 is 5.32 Å². The van der Waals surface area contributed by atoms with Crippen molar-refractivity contribution in [2.45, 2.75) is 19.0 Å². The Hall–Kier alpha value is -1.85. The van der Waals surface area contributed by atoms with E-state index in [1.54, 1.807) is 6.07 Å². The van der Waals surface area contributed by atoms with E-state index in [9.17, 15) is 9.90 Å². The van der Waals surface area contributed by atoms with E-state index in [-0.39, 0.29) is 11.9 Å². The summed E-state index contributed by atoms with van der Waals surface area (Å²) in [6.45, 7) is 2.04. The fraction of sp³-hybridized carbons (Fsp3) is 0.278. The Balaban J connectivity index is 1.63. The number of nitrogens with one attached hydrogen (secondary N) is 1. The second-order valence-electron chi connectivity index (χ2n) is 6.06. The van der Waals surface area contributed by atoms with Crippen molar-refractivity contribution in [3.8, 4) is 5.75 Å². The van der Waals surface area contributed by atoms with Gasteiger partial charge in [-0.2, -0.15) is 0 Å². The zero-order valence-electron chi connectivity index (χ0n) is 12.6. The average molecular weight is 373 g/mol. The molecule has 2 aromatic carbocycles. The molecule has 0 spiro atoms. The zero-order valence-corrected chi connectivity index (χ0v) is 14.1. The third-order valence-corrected chi connectivity index (χ3v) is 5.43. The van der Waals surface area contributed by atoms with Crippen molar-refractivity contribution >= 4 is 21.8 Å². The van der Waals surface area contributed by atoms with E-state index in [0.29, 0.717) is 18.8 Å². The summed E-state index contributed by atoms with van der Waals surface area (Å²) in [7, 11) is 0. The van der Waals surface area contributed by atoms with E-state index in [1.807, 2.05) is 35.2 Å². The number of aromatic hydroxyl groups is 1. The number of rotatable bonds is 2. The van der Waals surface area contributed by atoms with Crippen LogP contribution in [0.5, 0.6) is 5.75 Å². The molecule has 118 valence electrons. The standard InChI is InChI=1S/C18H17BrN2O2/c19-14-5-6-16(22)17-13(14)7-8-20-15(17)10-21-9-11-3-1-2-4-12(11)18(21)23/h1-6,15,20,22H,7-10H2. The molecule has 0 saturated heterocycles. The lowest BCUT2D eigenvalue weighted by Crippen LogP contribution is -2.39. The van der Waals surface area contributed by atoms with Crippen LogP contribution in [0, 0.1) is 0 Å². The third-order valence-electron chi connectivity index (χ3n) is 4.69. The van der Waals surface area contributed by atoms with Crippen molar-refractivity contribution in [3.63, 3.8) is 0 Å². The largest absolute Gasteiger partial charge is 0.508 e. The van der Waals surface area contributed by atoms with Crippen LogP contribution in [0.3, 0.4) is 0 Å². The Labute approximate surface area is 143 Å². The van der Waals surface area contributed by atoms with Gasteiger partial charge in [-0.15, -0.1) is 0 Å². The SMILES string of the molecule is O=C1c2ccccc2CN1CC1NCCc2c(Br)ccc(O)c21. The number of nitrogens with zero attached hydrogens (tertiary/aromatic N) is 1.